The van der Waals surface area contributed by atoms with Gasteiger partial charge in [0, 0.05) is 37.6 Å². The highest BCUT2D eigenvalue weighted by atomic mass is 16.3. The zero-order chi connectivity index (χ0) is 16.2. The van der Waals surface area contributed by atoms with E-state index in [-0.39, 0.29) is 30.4 Å². The molecule has 2 atom stereocenters. The maximum Gasteiger partial charge on any atom is 0.223 e. The standard InChI is InChI=1S/C19H28N2O2/c1-2-14-3-5-15(6-4-14)11-21-10-9-17(13-22)18(12-21)20-19(23)16-7-8-16/h3-6,16-18,22H,2,7-13H2,1H3,(H,20,23)/t17-,18-/m1/s1. The SMILES string of the molecule is CCc1ccc(CN2CC[C@H](CO)[C@H](NC(=O)C3CC3)C2)cc1. The predicted molar refractivity (Wildman–Crippen MR) is 90.9 cm³/mol. The summed E-state index contributed by atoms with van der Waals surface area (Å²) in [6.07, 6.45) is 4.06. The Morgan fingerprint density at radius 1 is 1.22 bits per heavy atom. The molecule has 2 fully saturated rings. The average molecular weight is 316 g/mol. The van der Waals surface area contributed by atoms with Crippen molar-refractivity contribution in [2.75, 3.05) is 19.7 Å². The van der Waals surface area contributed by atoms with E-state index < -0.39 is 0 Å². The Kier molecular flexibility index (Phi) is 5.34. The molecule has 126 valence electrons. The summed E-state index contributed by atoms with van der Waals surface area (Å²) in [7, 11) is 0. The van der Waals surface area contributed by atoms with Crippen molar-refractivity contribution in [3.8, 4) is 0 Å². The number of hydrogen-bond acceptors (Lipinski definition) is 3. The molecule has 0 radical (unpaired) electrons. The first-order valence-corrected chi connectivity index (χ1v) is 8.91. The van der Waals surface area contributed by atoms with Gasteiger partial charge in [0.1, 0.15) is 0 Å². The van der Waals surface area contributed by atoms with Crippen LogP contribution in [0, 0.1) is 11.8 Å². The molecular formula is C19H28N2O2. The number of hydrogen-bond donors (Lipinski definition) is 2. The van der Waals surface area contributed by atoms with E-state index in [1.807, 2.05) is 0 Å². The summed E-state index contributed by atoms with van der Waals surface area (Å²) in [6.45, 7) is 5.06. The summed E-state index contributed by atoms with van der Waals surface area (Å²) < 4.78 is 0. The molecule has 1 saturated heterocycles. The molecule has 3 rings (SSSR count). The van der Waals surface area contributed by atoms with Crippen LogP contribution in [-0.4, -0.2) is 41.7 Å². The summed E-state index contributed by atoms with van der Waals surface area (Å²) in [4.78, 5) is 14.5. The number of carbonyl (C=O) groups is 1. The van der Waals surface area contributed by atoms with E-state index in [1.165, 1.54) is 11.1 Å². The minimum absolute atomic E-state index is 0.0803. The van der Waals surface area contributed by atoms with Crippen LogP contribution < -0.4 is 5.32 Å². The van der Waals surface area contributed by atoms with Crippen molar-refractivity contribution in [3.05, 3.63) is 35.4 Å². The number of nitrogens with zero attached hydrogens (tertiary/aromatic N) is 1. The van der Waals surface area contributed by atoms with E-state index in [4.69, 9.17) is 0 Å². The van der Waals surface area contributed by atoms with Crippen LogP contribution in [0.25, 0.3) is 0 Å². The van der Waals surface area contributed by atoms with Crippen LogP contribution in [0.5, 0.6) is 0 Å². The Balaban J connectivity index is 1.58. The highest BCUT2D eigenvalue weighted by Crippen LogP contribution is 2.30. The van der Waals surface area contributed by atoms with Gasteiger partial charge < -0.3 is 10.4 Å². The second kappa shape index (κ2) is 7.45. The van der Waals surface area contributed by atoms with Crippen LogP contribution in [0.3, 0.4) is 0 Å². The summed E-state index contributed by atoms with van der Waals surface area (Å²) in [5, 5.41) is 12.8. The Bertz CT molecular complexity index is 525. The zero-order valence-corrected chi connectivity index (χ0v) is 14.0. The van der Waals surface area contributed by atoms with Gasteiger partial charge in [0.05, 0.1) is 0 Å². The van der Waals surface area contributed by atoms with Gasteiger partial charge in [-0.05, 0) is 43.4 Å². The average Bonchev–Trinajstić information content (AvgIpc) is 3.41. The number of carbonyl (C=O) groups excluding carboxylic acids is 1. The third-order valence-electron chi connectivity index (χ3n) is 5.19. The van der Waals surface area contributed by atoms with Crippen molar-refractivity contribution in [1.82, 2.24) is 10.2 Å². The molecule has 1 amide bonds. The summed E-state index contributed by atoms with van der Waals surface area (Å²) in [6, 6.07) is 8.88. The van der Waals surface area contributed by atoms with Gasteiger partial charge in [0.15, 0.2) is 0 Å². The maximum atomic E-state index is 12.1. The van der Waals surface area contributed by atoms with Crippen LogP contribution in [0.15, 0.2) is 24.3 Å². The molecule has 1 aliphatic carbocycles. The van der Waals surface area contributed by atoms with Crippen molar-refractivity contribution in [2.45, 2.75) is 45.2 Å². The van der Waals surface area contributed by atoms with E-state index in [9.17, 15) is 9.90 Å². The lowest BCUT2D eigenvalue weighted by atomic mass is 9.91. The molecule has 1 heterocycles. The van der Waals surface area contributed by atoms with Crippen molar-refractivity contribution < 1.29 is 9.90 Å². The largest absolute Gasteiger partial charge is 0.396 e. The van der Waals surface area contributed by atoms with E-state index in [2.05, 4.69) is 41.4 Å². The molecule has 1 aliphatic heterocycles. The van der Waals surface area contributed by atoms with Crippen molar-refractivity contribution in [3.63, 3.8) is 0 Å². The highest BCUT2D eigenvalue weighted by Gasteiger charge is 2.35. The number of benzene rings is 1. The molecule has 4 nitrogen and oxygen atoms in total. The van der Waals surface area contributed by atoms with Gasteiger partial charge in [-0.15, -0.1) is 0 Å². The Labute approximate surface area is 138 Å². The van der Waals surface area contributed by atoms with Gasteiger partial charge >= 0.3 is 0 Å². The van der Waals surface area contributed by atoms with Crippen LogP contribution >= 0.6 is 0 Å². The van der Waals surface area contributed by atoms with Crippen molar-refractivity contribution >= 4 is 5.91 Å². The summed E-state index contributed by atoms with van der Waals surface area (Å²) in [5.74, 6) is 0.602. The number of likely N-dealkylation sites (tertiary alicyclic amines) is 1. The summed E-state index contributed by atoms with van der Waals surface area (Å²) >= 11 is 0. The van der Waals surface area contributed by atoms with Crippen LogP contribution in [-0.2, 0) is 17.8 Å². The number of aliphatic hydroxyl groups excluding tert-OH is 1. The molecule has 0 unspecified atom stereocenters. The molecule has 1 saturated carbocycles. The molecular weight excluding hydrogens is 288 g/mol. The first kappa shape index (κ1) is 16.5. The van der Waals surface area contributed by atoms with Crippen LogP contribution in [0.4, 0.5) is 0 Å². The molecule has 0 bridgehead atoms. The lowest BCUT2D eigenvalue weighted by Crippen LogP contribution is -2.53. The fourth-order valence-corrected chi connectivity index (χ4v) is 3.38. The number of amides is 1. The molecule has 1 aromatic rings. The second-order valence-electron chi connectivity index (χ2n) is 7.03. The minimum atomic E-state index is 0.0803. The molecule has 2 N–H and O–H groups in total. The van der Waals surface area contributed by atoms with Crippen LogP contribution in [0.1, 0.15) is 37.3 Å². The van der Waals surface area contributed by atoms with Gasteiger partial charge in [-0.2, -0.15) is 0 Å². The van der Waals surface area contributed by atoms with Crippen molar-refractivity contribution in [2.24, 2.45) is 11.8 Å². The first-order valence-electron chi connectivity index (χ1n) is 8.91. The molecule has 2 aliphatic rings. The van der Waals surface area contributed by atoms with Gasteiger partial charge in [0.25, 0.3) is 0 Å². The third kappa shape index (κ3) is 4.33. The van der Waals surface area contributed by atoms with E-state index in [0.29, 0.717) is 0 Å². The normalized spacial score (nSPS) is 25.3. The molecule has 0 spiro atoms. The quantitative estimate of drug-likeness (QED) is 0.843. The Hall–Kier alpha value is -1.39. The fraction of sp³-hybridized carbons (Fsp3) is 0.632. The second-order valence-corrected chi connectivity index (χ2v) is 7.03. The lowest BCUT2D eigenvalue weighted by Gasteiger charge is -2.38. The molecule has 4 heteroatoms. The van der Waals surface area contributed by atoms with E-state index in [0.717, 1.165) is 45.3 Å². The van der Waals surface area contributed by atoms with Gasteiger partial charge in [0.2, 0.25) is 5.91 Å². The number of rotatable bonds is 6. The smallest absolute Gasteiger partial charge is 0.223 e. The minimum Gasteiger partial charge on any atom is -0.396 e. The maximum absolute atomic E-state index is 12.1. The topological polar surface area (TPSA) is 52.6 Å². The van der Waals surface area contributed by atoms with Crippen LogP contribution in [0.2, 0.25) is 0 Å². The zero-order valence-electron chi connectivity index (χ0n) is 14.0. The summed E-state index contributed by atoms with van der Waals surface area (Å²) in [5.41, 5.74) is 2.68. The fourth-order valence-electron chi connectivity index (χ4n) is 3.38. The highest BCUT2D eigenvalue weighted by molar-refractivity contribution is 5.81. The van der Waals surface area contributed by atoms with E-state index >= 15 is 0 Å². The number of piperidine rings is 1. The molecule has 0 aromatic heterocycles. The van der Waals surface area contributed by atoms with Gasteiger partial charge in [-0.1, -0.05) is 31.2 Å². The lowest BCUT2D eigenvalue weighted by molar-refractivity contribution is -0.124. The third-order valence-corrected chi connectivity index (χ3v) is 5.19. The van der Waals surface area contributed by atoms with Crippen molar-refractivity contribution in [1.29, 1.82) is 0 Å². The van der Waals surface area contributed by atoms with E-state index in [1.54, 1.807) is 0 Å². The van der Waals surface area contributed by atoms with Gasteiger partial charge in [-0.25, -0.2) is 0 Å². The molecule has 1 aromatic carbocycles. The Morgan fingerprint density at radius 3 is 2.52 bits per heavy atom. The molecule has 23 heavy (non-hydrogen) atoms. The number of aliphatic hydroxyl groups is 1. The Morgan fingerprint density at radius 2 is 1.91 bits per heavy atom. The monoisotopic (exact) mass is 316 g/mol. The van der Waals surface area contributed by atoms with Gasteiger partial charge in [-0.3, -0.25) is 9.69 Å². The number of aryl methyl sites for hydroxylation is 1. The predicted octanol–water partition coefficient (Wildman–Crippen LogP) is 1.96. The first-order chi connectivity index (χ1) is 11.2. The number of nitrogens with one attached hydrogen (secondary N) is 1.